The SMILES string of the molecule is NCCN1CCN(c2ccc(Cl)cc2)CC1. The van der Waals surface area contributed by atoms with Crippen molar-refractivity contribution < 1.29 is 0 Å². The minimum absolute atomic E-state index is 0.751. The minimum atomic E-state index is 0.751. The Morgan fingerprint density at radius 3 is 2.25 bits per heavy atom. The molecule has 88 valence electrons. The summed E-state index contributed by atoms with van der Waals surface area (Å²) >= 11 is 5.87. The fourth-order valence-electron chi connectivity index (χ4n) is 2.06. The van der Waals surface area contributed by atoms with Gasteiger partial charge in [-0.15, -0.1) is 0 Å². The van der Waals surface area contributed by atoms with Gasteiger partial charge < -0.3 is 10.6 Å². The Hall–Kier alpha value is -0.770. The Labute approximate surface area is 102 Å². The van der Waals surface area contributed by atoms with E-state index in [9.17, 15) is 0 Å². The smallest absolute Gasteiger partial charge is 0.0407 e. The predicted octanol–water partition coefficient (Wildman–Crippen LogP) is 1.42. The molecule has 0 spiro atoms. The average Bonchev–Trinajstić information content (AvgIpc) is 2.32. The van der Waals surface area contributed by atoms with Gasteiger partial charge in [0.05, 0.1) is 0 Å². The zero-order valence-electron chi connectivity index (χ0n) is 9.40. The number of nitrogens with two attached hydrogens (primary N) is 1. The maximum absolute atomic E-state index is 5.87. The second kappa shape index (κ2) is 5.53. The first kappa shape index (κ1) is 11.7. The normalized spacial score (nSPS) is 17.8. The van der Waals surface area contributed by atoms with Crippen LogP contribution in [-0.4, -0.2) is 44.2 Å². The molecule has 1 fully saturated rings. The van der Waals surface area contributed by atoms with Gasteiger partial charge >= 0.3 is 0 Å². The van der Waals surface area contributed by atoms with Crippen molar-refractivity contribution in [1.29, 1.82) is 0 Å². The first-order valence-electron chi connectivity index (χ1n) is 5.72. The molecule has 3 nitrogen and oxygen atoms in total. The number of nitrogens with zero attached hydrogens (tertiary/aromatic N) is 2. The summed E-state index contributed by atoms with van der Waals surface area (Å²) in [6.07, 6.45) is 0. The van der Waals surface area contributed by atoms with E-state index in [-0.39, 0.29) is 0 Å². The number of piperazine rings is 1. The van der Waals surface area contributed by atoms with Crippen LogP contribution in [0, 0.1) is 0 Å². The third kappa shape index (κ3) is 2.88. The van der Waals surface area contributed by atoms with Gasteiger partial charge in [0.2, 0.25) is 0 Å². The number of hydrogen-bond donors (Lipinski definition) is 1. The third-order valence-electron chi connectivity index (χ3n) is 3.01. The molecule has 0 bridgehead atoms. The molecule has 1 aliphatic rings. The molecule has 2 rings (SSSR count). The van der Waals surface area contributed by atoms with Gasteiger partial charge in [0.1, 0.15) is 0 Å². The molecule has 1 aliphatic heterocycles. The molecule has 0 radical (unpaired) electrons. The molecule has 0 amide bonds. The van der Waals surface area contributed by atoms with Gasteiger partial charge in [-0.3, -0.25) is 4.90 Å². The highest BCUT2D eigenvalue weighted by molar-refractivity contribution is 6.30. The van der Waals surface area contributed by atoms with Crippen LogP contribution in [0.2, 0.25) is 5.02 Å². The summed E-state index contributed by atoms with van der Waals surface area (Å²) in [6.45, 7) is 6.10. The quantitative estimate of drug-likeness (QED) is 0.866. The molecule has 0 unspecified atom stereocenters. The first-order valence-corrected chi connectivity index (χ1v) is 6.10. The van der Waals surface area contributed by atoms with E-state index in [1.165, 1.54) is 5.69 Å². The van der Waals surface area contributed by atoms with Gasteiger partial charge in [-0.25, -0.2) is 0 Å². The second-order valence-corrected chi connectivity index (χ2v) is 4.53. The molecule has 4 heteroatoms. The van der Waals surface area contributed by atoms with E-state index in [1.54, 1.807) is 0 Å². The lowest BCUT2D eigenvalue weighted by Crippen LogP contribution is -2.47. The molecule has 2 N–H and O–H groups in total. The number of halogens is 1. The highest BCUT2D eigenvalue weighted by atomic mass is 35.5. The predicted molar refractivity (Wildman–Crippen MR) is 69.2 cm³/mol. The van der Waals surface area contributed by atoms with Crippen LogP contribution in [0.1, 0.15) is 0 Å². The van der Waals surface area contributed by atoms with Gasteiger partial charge in [0.25, 0.3) is 0 Å². The third-order valence-corrected chi connectivity index (χ3v) is 3.26. The molecule has 1 aromatic carbocycles. The van der Waals surface area contributed by atoms with Gasteiger partial charge in [-0.05, 0) is 24.3 Å². The van der Waals surface area contributed by atoms with Crippen molar-refractivity contribution in [3.63, 3.8) is 0 Å². The van der Waals surface area contributed by atoms with E-state index in [0.29, 0.717) is 0 Å². The minimum Gasteiger partial charge on any atom is -0.369 e. The van der Waals surface area contributed by atoms with Crippen LogP contribution in [0.3, 0.4) is 0 Å². The van der Waals surface area contributed by atoms with E-state index in [0.717, 1.165) is 44.3 Å². The lowest BCUT2D eigenvalue weighted by Gasteiger charge is -2.35. The van der Waals surface area contributed by atoms with E-state index < -0.39 is 0 Å². The zero-order valence-corrected chi connectivity index (χ0v) is 10.2. The number of rotatable bonds is 3. The largest absolute Gasteiger partial charge is 0.369 e. The van der Waals surface area contributed by atoms with Crippen LogP contribution in [0.4, 0.5) is 5.69 Å². The highest BCUT2D eigenvalue weighted by Crippen LogP contribution is 2.19. The molecular formula is C12H18ClN3. The fourth-order valence-corrected chi connectivity index (χ4v) is 2.19. The molecule has 16 heavy (non-hydrogen) atoms. The molecular weight excluding hydrogens is 222 g/mol. The maximum Gasteiger partial charge on any atom is 0.0407 e. The molecule has 0 aliphatic carbocycles. The summed E-state index contributed by atoms with van der Waals surface area (Å²) in [5, 5.41) is 0.797. The van der Waals surface area contributed by atoms with Crippen molar-refractivity contribution in [1.82, 2.24) is 4.90 Å². The Bertz CT molecular complexity index is 318. The van der Waals surface area contributed by atoms with Crippen LogP contribution in [0.15, 0.2) is 24.3 Å². The summed E-state index contributed by atoms with van der Waals surface area (Å²) < 4.78 is 0. The monoisotopic (exact) mass is 239 g/mol. The second-order valence-electron chi connectivity index (χ2n) is 4.09. The highest BCUT2D eigenvalue weighted by Gasteiger charge is 2.15. The van der Waals surface area contributed by atoms with Gasteiger partial charge in [0, 0.05) is 50.0 Å². The average molecular weight is 240 g/mol. The van der Waals surface area contributed by atoms with Crippen LogP contribution in [-0.2, 0) is 0 Å². The van der Waals surface area contributed by atoms with Crippen molar-refractivity contribution in [3.05, 3.63) is 29.3 Å². The van der Waals surface area contributed by atoms with E-state index in [4.69, 9.17) is 17.3 Å². The first-order chi connectivity index (χ1) is 7.79. The summed E-state index contributed by atoms with van der Waals surface area (Å²) in [5.41, 5.74) is 6.81. The lowest BCUT2D eigenvalue weighted by atomic mass is 10.2. The van der Waals surface area contributed by atoms with E-state index >= 15 is 0 Å². The van der Waals surface area contributed by atoms with E-state index in [2.05, 4.69) is 21.9 Å². The molecule has 0 aromatic heterocycles. The summed E-state index contributed by atoms with van der Waals surface area (Å²) in [7, 11) is 0. The standard InChI is InChI=1S/C12H18ClN3/c13-11-1-3-12(4-2-11)16-9-7-15(6-5-14)8-10-16/h1-4H,5-10,14H2. The summed E-state index contributed by atoms with van der Waals surface area (Å²) in [4.78, 5) is 4.80. The molecule has 0 atom stereocenters. The van der Waals surface area contributed by atoms with Gasteiger partial charge in [-0.1, -0.05) is 11.6 Å². The number of anilines is 1. The van der Waals surface area contributed by atoms with Crippen LogP contribution < -0.4 is 10.6 Å². The maximum atomic E-state index is 5.87. The van der Waals surface area contributed by atoms with Crippen molar-refractivity contribution in [2.75, 3.05) is 44.2 Å². The van der Waals surface area contributed by atoms with Crippen molar-refractivity contribution in [2.24, 2.45) is 5.73 Å². The van der Waals surface area contributed by atoms with Crippen molar-refractivity contribution in [2.45, 2.75) is 0 Å². The lowest BCUT2D eigenvalue weighted by molar-refractivity contribution is 0.265. The fraction of sp³-hybridized carbons (Fsp3) is 0.500. The van der Waals surface area contributed by atoms with Gasteiger partial charge in [-0.2, -0.15) is 0 Å². The molecule has 0 saturated carbocycles. The Balaban J connectivity index is 1.91. The molecule has 1 aromatic rings. The topological polar surface area (TPSA) is 32.5 Å². The van der Waals surface area contributed by atoms with Crippen LogP contribution >= 0.6 is 11.6 Å². The Morgan fingerprint density at radius 1 is 1.06 bits per heavy atom. The Morgan fingerprint density at radius 2 is 1.69 bits per heavy atom. The Kier molecular flexibility index (Phi) is 4.04. The summed E-state index contributed by atoms with van der Waals surface area (Å²) in [5.74, 6) is 0. The van der Waals surface area contributed by atoms with Gasteiger partial charge in [0.15, 0.2) is 0 Å². The van der Waals surface area contributed by atoms with Crippen molar-refractivity contribution in [3.8, 4) is 0 Å². The van der Waals surface area contributed by atoms with E-state index in [1.807, 2.05) is 12.1 Å². The molecule has 1 heterocycles. The number of hydrogen-bond acceptors (Lipinski definition) is 3. The van der Waals surface area contributed by atoms with Crippen molar-refractivity contribution >= 4 is 17.3 Å². The van der Waals surface area contributed by atoms with Crippen LogP contribution in [0.5, 0.6) is 0 Å². The summed E-state index contributed by atoms with van der Waals surface area (Å²) in [6, 6.07) is 8.06. The molecule has 1 saturated heterocycles. The van der Waals surface area contributed by atoms with Crippen LogP contribution in [0.25, 0.3) is 0 Å². The zero-order chi connectivity index (χ0) is 11.4. The number of benzene rings is 1.